The van der Waals surface area contributed by atoms with Crippen molar-refractivity contribution in [1.29, 1.82) is 0 Å². The van der Waals surface area contributed by atoms with E-state index in [1.54, 1.807) is 0 Å². The summed E-state index contributed by atoms with van der Waals surface area (Å²) < 4.78 is 5.38. The van der Waals surface area contributed by atoms with Gasteiger partial charge in [0.1, 0.15) is 0 Å². The van der Waals surface area contributed by atoms with Crippen LogP contribution in [0.15, 0.2) is 0 Å². The summed E-state index contributed by atoms with van der Waals surface area (Å²) in [6.45, 7) is 3.38. The zero-order chi connectivity index (χ0) is 12.5. The number of hydrogen-bond acceptors (Lipinski definition) is 4. The summed E-state index contributed by atoms with van der Waals surface area (Å²) in [6, 6.07) is 1.33. The summed E-state index contributed by atoms with van der Waals surface area (Å²) in [7, 11) is 1.89. The fraction of sp³-hybridized carbons (Fsp3) is 0.923. The lowest BCUT2D eigenvalue weighted by Gasteiger charge is -2.20. The summed E-state index contributed by atoms with van der Waals surface area (Å²) in [5.74, 6) is 0.138. The number of carbonyl (C=O) groups excluding carboxylic acids is 1. The highest BCUT2D eigenvalue weighted by molar-refractivity contribution is 5.80. The molecule has 3 atom stereocenters. The maximum atomic E-state index is 12.2. The molecule has 2 aliphatic heterocycles. The highest BCUT2D eigenvalue weighted by atomic mass is 16.5. The van der Waals surface area contributed by atoms with Crippen LogP contribution >= 0.6 is 0 Å². The first-order chi connectivity index (χ1) is 8.78. The van der Waals surface area contributed by atoms with Gasteiger partial charge in [-0.3, -0.25) is 9.69 Å². The number of hydrogen-bond donors (Lipinski definition) is 2. The van der Waals surface area contributed by atoms with Crippen LogP contribution in [-0.4, -0.2) is 62.3 Å². The molecule has 5 heteroatoms. The van der Waals surface area contributed by atoms with Crippen molar-refractivity contribution in [3.63, 3.8) is 0 Å². The molecule has 3 unspecified atom stereocenters. The van der Waals surface area contributed by atoms with Gasteiger partial charge in [0, 0.05) is 31.2 Å². The van der Waals surface area contributed by atoms with Crippen LogP contribution in [0, 0.1) is 5.92 Å². The summed E-state index contributed by atoms with van der Waals surface area (Å²) in [4.78, 5) is 14.7. The first kappa shape index (κ1) is 12.4. The van der Waals surface area contributed by atoms with Crippen molar-refractivity contribution in [1.82, 2.24) is 15.5 Å². The minimum Gasteiger partial charge on any atom is -0.379 e. The zero-order valence-electron chi connectivity index (χ0n) is 11.0. The zero-order valence-corrected chi connectivity index (χ0v) is 11.0. The van der Waals surface area contributed by atoms with Crippen molar-refractivity contribution in [2.75, 3.05) is 33.4 Å². The minimum absolute atomic E-state index is 0.0232. The maximum absolute atomic E-state index is 12.2. The third-order valence-electron chi connectivity index (χ3n) is 4.42. The van der Waals surface area contributed by atoms with E-state index in [1.165, 1.54) is 12.8 Å². The molecule has 3 aliphatic rings. The Morgan fingerprint density at radius 3 is 2.83 bits per heavy atom. The largest absolute Gasteiger partial charge is 0.379 e. The molecule has 0 aromatic carbocycles. The van der Waals surface area contributed by atoms with Gasteiger partial charge in [-0.05, 0) is 26.3 Å². The van der Waals surface area contributed by atoms with Crippen LogP contribution in [-0.2, 0) is 9.53 Å². The number of nitrogens with zero attached hydrogens (tertiary/aromatic N) is 1. The SMILES string of the molecule is CNC1COCC1C(=O)NC1CCN(C2CC2)C1. The normalized spacial score (nSPS) is 37.1. The lowest BCUT2D eigenvalue weighted by molar-refractivity contribution is -0.126. The molecule has 2 saturated heterocycles. The van der Waals surface area contributed by atoms with Gasteiger partial charge in [-0.1, -0.05) is 0 Å². The Kier molecular flexibility index (Phi) is 3.54. The van der Waals surface area contributed by atoms with Gasteiger partial charge in [-0.2, -0.15) is 0 Å². The average molecular weight is 253 g/mol. The van der Waals surface area contributed by atoms with Crippen LogP contribution in [0.25, 0.3) is 0 Å². The molecule has 5 nitrogen and oxygen atoms in total. The summed E-state index contributed by atoms with van der Waals surface area (Å²) >= 11 is 0. The van der Waals surface area contributed by atoms with E-state index in [1.807, 2.05) is 7.05 Å². The molecular weight excluding hydrogens is 230 g/mol. The summed E-state index contributed by atoms with van der Waals surface area (Å²) in [6.07, 6.45) is 3.79. The molecule has 102 valence electrons. The van der Waals surface area contributed by atoms with Crippen molar-refractivity contribution < 1.29 is 9.53 Å². The van der Waals surface area contributed by atoms with Crippen LogP contribution in [0.5, 0.6) is 0 Å². The van der Waals surface area contributed by atoms with Crippen molar-refractivity contribution in [3.8, 4) is 0 Å². The molecule has 0 bridgehead atoms. The van der Waals surface area contributed by atoms with Gasteiger partial charge in [0.05, 0.1) is 19.1 Å². The molecule has 1 aliphatic carbocycles. The van der Waals surface area contributed by atoms with E-state index in [4.69, 9.17) is 4.74 Å². The van der Waals surface area contributed by atoms with Crippen LogP contribution < -0.4 is 10.6 Å². The smallest absolute Gasteiger partial charge is 0.227 e. The lowest BCUT2D eigenvalue weighted by atomic mass is 10.0. The second-order valence-corrected chi connectivity index (χ2v) is 5.76. The molecule has 18 heavy (non-hydrogen) atoms. The first-order valence-electron chi connectivity index (χ1n) is 7.07. The number of amides is 1. The van der Waals surface area contributed by atoms with Crippen LogP contribution in [0.2, 0.25) is 0 Å². The molecular formula is C13H23N3O2. The number of ether oxygens (including phenoxy) is 1. The molecule has 3 rings (SSSR count). The van der Waals surface area contributed by atoms with Gasteiger partial charge >= 0.3 is 0 Å². The Hall–Kier alpha value is -0.650. The van der Waals surface area contributed by atoms with Crippen LogP contribution in [0.3, 0.4) is 0 Å². The average Bonchev–Trinajstić information content (AvgIpc) is 2.93. The van der Waals surface area contributed by atoms with Gasteiger partial charge in [0.2, 0.25) is 5.91 Å². The second kappa shape index (κ2) is 5.15. The molecule has 2 N–H and O–H groups in total. The van der Waals surface area contributed by atoms with Crippen molar-refractivity contribution >= 4 is 5.91 Å². The number of carbonyl (C=O) groups is 1. The number of nitrogens with one attached hydrogen (secondary N) is 2. The van der Waals surface area contributed by atoms with Crippen molar-refractivity contribution in [2.24, 2.45) is 5.92 Å². The van der Waals surface area contributed by atoms with E-state index in [-0.39, 0.29) is 17.9 Å². The van der Waals surface area contributed by atoms with Gasteiger partial charge in [0.15, 0.2) is 0 Å². The highest BCUT2D eigenvalue weighted by Gasteiger charge is 2.37. The third kappa shape index (κ3) is 2.53. The van der Waals surface area contributed by atoms with Gasteiger partial charge in [-0.15, -0.1) is 0 Å². The van der Waals surface area contributed by atoms with E-state index < -0.39 is 0 Å². The van der Waals surface area contributed by atoms with E-state index in [0.717, 1.165) is 25.6 Å². The van der Waals surface area contributed by atoms with Crippen molar-refractivity contribution in [3.05, 3.63) is 0 Å². The van der Waals surface area contributed by atoms with E-state index in [9.17, 15) is 4.79 Å². The molecule has 0 spiro atoms. The quantitative estimate of drug-likeness (QED) is 0.714. The monoisotopic (exact) mass is 253 g/mol. The number of rotatable bonds is 4. The molecule has 0 aromatic heterocycles. The van der Waals surface area contributed by atoms with Gasteiger partial charge in [0.25, 0.3) is 0 Å². The summed E-state index contributed by atoms with van der Waals surface area (Å²) in [5.41, 5.74) is 0. The Morgan fingerprint density at radius 1 is 1.28 bits per heavy atom. The Morgan fingerprint density at radius 2 is 2.11 bits per heavy atom. The molecule has 2 heterocycles. The number of likely N-dealkylation sites (tertiary alicyclic amines) is 1. The molecule has 0 aromatic rings. The Bertz CT molecular complexity index is 319. The third-order valence-corrected chi connectivity index (χ3v) is 4.42. The predicted octanol–water partition coefficient (Wildman–Crippen LogP) is -0.426. The fourth-order valence-electron chi connectivity index (χ4n) is 3.08. The van der Waals surface area contributed by atoms with E-state index in [2.05, 4.69) is 15.5 Å². The van der Waals surface area contributed by atoms with Crippen molar-refractivity contribution in [2.45, 2.75) is 37.4 Å². The maximum Gasteiger partial charge on any atom is 0.227 e. The van der Waals surface area contributed by atoms with Gasteiger partial charge in [-0.25, -0.2) is 0 Å². The minimum atomic E-state index is -0.0232. The van der Waals surface area contributed by atoms with E-state index >= 15 is 0 Å². The first-order valence-corrected chi connectivity index (χ1v) is 7.07. The Balaban J connectivity index is 1.48. The van der Waals surface area contributed by atoms with Crippen LogP contribution in [0.4, 0.5) is 0 Å². The Labute approximate surface area is 108 Å². The summed E-state index contributed by atoms with van der Waals surface area (Å²) in [5, 5.41) is 6.36. The highest BCUT2D eigenvalue weighted by Crippen LogP contribution is 2.29. The standard InChI is InChI=1S/C13H23N3O2/c1-14-12-8-18-7-11(12)13(17)15-9-4-5-16(6-9)10-2-3-10/h9-12,14H,2-8H2,1H3,(H,15,17). The molecule has 1 amide bonds. The molecule has 3 fully saturated rings. The lowest BCUT2D eigenvalue weighted by Crippen LogP contribution is -2.46. The molecule has 1 saturated carbocycles. The topological polar surface area (TPSA) is 53.6 Å². The molecule has 0 radical (unpaired) electrons. The number of likely N-dealkylation sites (N-methyl/N-ethyl adjacent to an activating group) is 1. The van der Waals surface area contributed by atoms with E-state index in [0.29, 0.717) is 19.3 Å². The second-order valence-electron chi connectivity index (χ2n) is 5.76. The predicted molar refractivity (Wildman–Crippen MR) is 68.3 cm³/mol. The van der Waals surface area contributed by atoms with Crippen LogP contribution in [0.1, 0.15) is 19.3 Å². The van der Waals surface area contributed by atoms with Gasteiger partial charge < -0.3 is 15.4 Å². The fourth-order valence-corrected chi connectivity index (χ4v) is 3.08.